The Morgan fingerprint density at radius 3 is 2.52 bits per heavy atom. The number of methoxy groups -OCH3 is 1. The number of ether oxygens (including phenoxy) is 2. The fraction of sp³-hybridized carbons (Fsp3) is 0.409. The van der Waals surface area contributed by atoms with Crippen LogP contribution in [0.4, 0.5) is 29.3 Å². The van der Waals surface area contributed by atoms with Gasteiger partial charge in [0.15, 0.2) is 0 Å². The smallest absolute Gasteiger partial charge is 0.416 e. The van der Waals surface area contributed by atoms with E-state index in [9.17, 15) is 18.0 Å². The number of nitrogens with zero attached hydrogens (tertiary/aromatic N) is 1. The van der Waals surface area contributed by atoms with Crippen molar-refractivity contribution in [1.29, 1.82) is 0 Å². The molecule has 168 valence electrons. The van der Waals surface area contributed by atoms with E-state index in [4.69, 9.17) is 9.47 Å². The van der Waals surface area contributed by atoms with Gasteiger partial charge in [-0.05, 0) is 38.1 Å². The second-order valence-corrected chi connectivity index (χ2v) is 7.39. The molecule has 3 rings (SSSR count). The van der Waals surface area contributed by atoms with Gasteiger partial charge < -0.3 is 25.0 Å². The molecule has 1 atom stereocenters. The number of morpholine rings is 1. The number of alkyl halides is 3. The van der Waals surface area contributed by atoms with E-state index in [0.29, 0.717) is 37.7 Å². The number of hydrogen-bond acceptors (Lipinski definition) is 4. The van der Waals surface area contributed by atoms with Gasteiger partial charge in [0, 0.05) is 18.7 Å². The molecule has 1 heterocycles. The van der Waals surface area contributed by atoms with E-state index in [1.54, 1.807) is 6.92 Å². The van der Waals surface area contributed by atoms with Gasteiger partial charge in [0.05, 0.1) is 43.3 Å². The zero-order valence-corrected chi connectivity index (χ0v) is 17.7. The summed E-state index contributed by atoms with van der Waals surface area (Å²) < 4.78 is 50.4. The number of urea groups is 1. The quantitative estimate of drug-likeness (QED) is 0.709. The third-order valence-corrected chi connectivity index (χ3v) is 5.12. The van der Waals surface area contributed by atoms with E-state index in [-0.39, 0.29) is 5.69 Å². The number of halogens is 3. The molecule has 0 aromatic heterocycles. The number of carbonyl (C=O) groups excluding carboxylic acids is 1. The maximum Gasteiger partial charge on any atom is 0.416 e. The number of nitrogens with one attached hydrogen (secondary N) is 2. The van der Waals surface area contributed by atoms with Gasteiger partial charge in [-0.25, -0.2) is 4.79 Å². The first-order valence-electron chi connectivity index (χ1n) is 9.95. The van der Waals surface area contributed by atoms with Gasteiger partial charge in [0.1, 0.15) is 5.75 Å². The molecule has 0 aliphatic carbocycles. The normalized spacial score (nSPS) is 15.4. The molecule has 31 heavy (non-hydrogen) atoms. The van der Waals surface area contributed by atoms with E-state index in [2.05, 4.69) is 10.6 Å². The van der Waals surface area contributed by atoms with Crippen molar-refractivity contribution in [2.24, 2.45) is 0 Å². The van der Waals surface area contributed by atoms with Crippen LogP contribution >= 0.6 is 0 Å². The molecular formula is C22H26F3N3O3. The van der Waals surface area contributed by atoms with Crippen molar-refractivity contribution in [3.63, 3.8) is 0 Å². The topological polar surface area (TPSA) is 62.8 Å². The minimum absolute atomic E-state index is 0.0950. The molecule has 2 aromatic carbocycles. The molecule has 9 heteroatoms. The lowest BCUT2D eigenvalue weighted by atomic mass is 10.0. The van der Waals surface area contributed by atoms with Crippen LogP contribution in [0, 0.1) is 6.92 Å². The Morgan fingerprint density at radius 2 is 1.87 bits per heavy atom. The van der Waals surface area contributed by atoms with Crippen molar-refractivity contribution in [2.45, 2.75) is 26.1 Å². The van der Waals surface area contributed by atoms with Gasteiger partial charge in [-0.15, -0.1) is 0 Å². The Labute approximate surface area is 179 Å². The third kappa shape index (κ3) is 5.61. The number of aryl methyl sites for hydroxylation is 1. The number of rotatable bonds is 5. The second kappa shape index (κ2) is 9.47. The van der Waals surface area contributed by atoms with Crippen molar-refractivity contribution in [3.8, 4) is 5.75 Å². The first-order chi connectivity index (χ1) is 14.7. The summed E-state index contributed by atoms with van der Waals surface area (Å²) in [7, 11) is 1.54. The number of amides is 2. The molecule has 0 spiro atoms. The summed E-state index contributed by atoms with van der Waals surface area (Å²) in [6.45, 7) is 5.70. The molecule has 2 aromatic rings. The highest BCUT2D eigenvalue weighted by molar-refractivity contribution is 5.93. The van der Waals surface area contributed by atoms with Crippen LogP contribution in [-0.4, -0.2) is 39.4 Å². The molecule has 0 saturated carbocycles. The lowest BCUT2D eigenvalue weighted by molar-refractivity contribution is -0.137. The van der Waals surface area contributed by atoms with Gasteiger partial charge >= 0.3 is 12.2 Å². The molecule has 0 bridgehead atoms. The first-order valence-corrected chi connectivity index (χ1v) is 9.95. The predicted molar refractivity (Wildman–Crippen MR) is 113 cm³/mol. The lowest BCUT2D eigenvalue weighted by Gasteiger charge is -2.31. The zero-order valence-electron chi connectivity index (χ0n) is 17.7. The zero-order chi connectivity index (χ0) is 22.6. The molecule has 1 fully saturated rings. The average molecular weight is 437 g/mol. The molecule has 0 radical (unpaired) electrons. The highest BCUT2D eigenvalue weighted by Crippen LogP contribution is 2.36. The Balaban J connectivity index is 1.82. The number of carbonyl (C=O) groups is 1. The molecular weight excluding hydrogens is 411 g/mol. The van der Waals surface area contributed by atoms with Gasteiger partial charge in [-0.2, -0.15) is 13.2 Å². The van der Waals surface area contributed by atoms with Gasteiger partial charge in [-0.3, -0.25) is 0 Å². The number of anilines is 2. The summed E-state index contributed by atoms with van der Waals surface area (Å²) in [5.41, 5.74) is 1.56. The summed E-state index contributed by atoms with van der Waals surface area (Å²) in [5.74, 6) is 0.617. The van der Waals surface area contributed by atoms with E-state index < -0.39 is 23.8 Å². The second-order valence-electron chi connectivity index (χ2n) is 7.39. The van der Waals surface area contributed by atoms with Crippen molar-refractivity contribution in [1.82, 2.24) is 5.32 Å². The molecule has 2 amide bonds. The lowest BCUT2D eigenvalue weighted by Crippen LogP contribution is -2.37. The first kappa shape index (κ1) is 22.7. The van der Waals surface area contributed by atoms with Crippen LogP contribution in [0.2, 0.25) is 0 Å². The molecule has 1 aliphatic heterocycles. The summed E-state index contributed by atoms with van der Waals surface area (Å²) in [5, 5.41) is 5.38. The van der Waals surface area contributed by atoms with E-state index in [0.717, 1.165) is 23.3 Å². The summed E-state index contributed by atoms with van der Waals surface area (Å²) in [6.07, 6.45) is -4.52. The fourth-order valence-electron chi connectivity index (χ4n) is 3.52. The van der Waals surface area contributed by atoms with Gasteiger partial charge in [0.2, 0.25) is 0 Å². The van der Waals surface area contributed by atoms with Crippen LogP contribution in [-0.2, 0) is 10.9 Å². The van der Waals surface area contributed by atoms with Gasteiger partial charge in [-0.1, -0.05) is 17.7 Å². The summed E-state index contributed by atoms with van der Waals surface area (Å²) in [6, 6.07) is 7.94. The highest BCUT2D eigenvalue weighted by Gasteiger charge is 2.32. The van der Waals surface area contributed by atoms with Crippen molar-refractivity contribution >= 4 is 17.4 Å². The van der Waals surface area contributed by atoms with Crippen LogP contribution < -0.4 is 20.3 Å². The molecule has 6 nitrogen and oxygen atoms in total. The van der Waals surface area contributed by atoms with Crippen LogP contribution in [0.25, 0.3) is 0 Å². The predicted octanol–water partition coefficient (Wildman–Crippen LogP) is 4.74. The summed E-state index contributed by atoms with van der Waals surface area (Å²) >= 11 is 0. The Bertz CT molecular complexity index is 928. The average Bonchev–Trinajstić information content (AvgIpc) is 2.73. The maximum absolute atomic E-state index is 13.3. The SMILES string of the molecule is COc1ccc(C)cc1C(C)NC(=O)Nc1cc(C(F)(F)F)ccc1N1CCOCC1. The van der Waals surface area contributed by atoms with Crippen LogP contribution in [0.1, 0.15) is 29.7 Å². The minimum atomic E-state index is -4.52. The van der Waals surface area contributed by atoms with Crippen molar-refractivity contribution < 1.29 is 27.4 Å². The maximum atomic E-state index is 13.3. The molecule has 2 N–H and O–H groups in total. The van der Waals surface area contributed by atoms with Crippen molar-refractivity contribution in [3.05, 3.63) is 53.1 Å². The molecule has 1 saturated heterocycles. The molecule has 1 aliphatic rings. The molecule has 1 unspecified atom stereocenters. The van der Waals surface area contributed by atoms with E-state index in [1.165, 1.54) is 13.2 Å². The third-order valence-electron chi connectivity index (χ3n) is 5.12. The van der Waals surface area contributed by atoms with Crippen LogP contribution in [0.5, 0.6) is 5.75 Å². The highest BCUT2D eigenvalue weighted by atomic mass is 19.4. The number of benzene rings is 2. The Kier molecular flexibility index (Phi) is 6.94. The Hall–Kier alpha value is -2.94. The van der Waals surface area contributed by atoms with Crippen LogP contribution in [0.3, 0.4) is 0 Å². The van der Waals surface area contributed by atoms with E-state index >= 15 is 0 Å². The monoisotopic (exact) mass is 437 g/mol. The minimum Gasteiger partial charge on any atom is -0.496 e. The standard InChI is InChI=1S/C22H26F3N3O3/c1-14-4-7-20(30-3)17(12-14)15(2)26-21(29)27-18-13-16(22(23,24)25)5-6-19(18)28-8-10-31-11-9-28/h4-7,12-13,15H,8-11H2,1-3H3,(H2,26,27,29). The van der Waals surface area contributed by atoms with Gasteiger partial charge in [0.25, 0.3) is 0 Å². The largest absolute Gasteiger partial charge is 0.496 e. The Morgan fingerprint density at radius 1 is 1.16 bits per heavy atom. The van der Waals surface area contributed by atoms with Crippen molar-refractivity contribution in [2.75, 3.05) is 43.6 Å². The van der Waals surface area contributed by atoms with Crippen LogP contribution in [0.15, 0.2) is 36.4 Å². The van der Waals surface area contributed by atoms with E-state index in [1.807, 2.05) is 30.0 Å². The summed E-state index contributed by atoms with van der Waals surface area (Å²) in [4.78, 5) is 14.6. The fourth-order valence-corrected chi connectivity index (χ4v) is 3.52. The number of hydrogen-bond donors (Lipinski definition) is 2.